The minimum absolute atomic E-state index is 0.839. The zero-order chi connectivity index (χ0) is 5.82. The highest BCUT2D eigenvalue weighted by Crippen LogP contribution is 2.09. The summed E-state index contributed by atoms with van der Waals surface area (Å²) in [4.78, 5) is 0. The van der Waals surface area contributed by atoms with Crippen molar-refractivity contribution in [3.05, 3.63) is 0 Å². The van der Waals surface area contributed by atoms with Gasteiger partial charge >= 0.3 is 9.28 Å². The van der Waals surface area contributed by atoms with Crippen LogP contribution in [0.1, 0.15) is 12.8 Å². The molecule has 1 aliphatic heterocycles. The molecule has 3 nitrogen and oxygen atoms in total. The molecule has 0 atom stereocenters. The van der Waals surface area contributed by atoms with Gasteiger partial charge in [-0.15, -0.1) is 0 Å². The van der Waals surface area contributed by atoms with Crippen LogP contribution >= 0.6 is 0 Å². The Morgan fingerprint density at radius 3 is 2.75 bits per heavy atom. The topological polar surface area (TPSA) is 44.5 Å². The lowest BCUT2D eigenvalue weighted by molar-refractivity contribution is 0.180. The summed E-state index contributed by atoms with van der Waals surface area (Å²) in [6.07, 6.45) is 2.38. The second-order valence-electron chi connectivity index (χ2n) is 1.80. The van der Waals surface area contributed by atoms with E-state index >= 15 is 0 Å². The van der Waals surface area contributed by atoms with Crippen molar-refractivity contribution in [1.29, 1.82) is 0 Å². The van der Waals surface area contributed by atoms with E-state index in [1.807, 2.05) is 0 Å². The third kappa shape index (κ3) is 1.55. The van der Waals surface area contributed by atoms with Crippen molar-refractivity contribution in [2.24, 2.45) is 5.90 Å². The van der Waals surface area contributed by atoms with Crippen molar-refractivity contribution < 1.29 is 8.95 Å². The van der Waals surface area contributed by atoms with Gasteiger partial charge in [0.1, 0.15) is 0 Å². The smallest absolute Gasteiger partial charge is 0.393 e. The predicted octanol–water partition coefficient (Wildman–Crippen LogP) is 0.175. The molecule has 0 unspecified atom stereocenters. The lowest BCUT2D eigenvalue weighted by Crippen LogP contribution is -2.29. The van der Waals surface area contributed by atoms with Gasteiger partial charge in [0.2, 0.25) is 0 Å². The Hall–Kier alpha value is 0.0969. The molecule has 4 heteroatoms. The molecular formula is C4H10NO2Si. The summed E-state index contributed by atoms with van der Waals surface area (Å²) >= 11 is 0. The van der Waals surface area contributed by atoms with Crippen LogP contribution in [-0.2, 0) is 8.95 Å². The highest BCUT2D eigenvalue weighted by Gasteiger charge is 2.17. The third-order valence-corrected chi connectivity index (χ3v) is 2.72. The minimum atomic E-state index is -1.01. The van der Waals surface area contributed by atoms with Crippen LogP contribution < -0.4 is 5.90 Å². The van der Waals surface area contributed by atoms with Gasteiger partial charge in [0.15, 0.2) is 0 Å². The van der Waals surface area contributed by atoms with Crippen molar-refractivity contribution in [2.45, 2.75) is 18.9 Å². The molecular weight excluding hydrogens is 122 g/mol. The lowest BCUT2D eigenvalue weighted by atomic mass is 10.4. The molecule has 0 aromatic heterocycles. The van der Waals surface area contributed by atoms with Gasteiger partial charge in [0.05, 0.1) is 0 Å². The molecule has 1 heterocycles. The predicted molar refractivity (Wildman–Crippen MR) is 31.0 cm³/mol. The summed E-state index contributed by atoms with van der Waals surface area (Å²) < 4.78 is 9.75. The molecule has 1 rings (SSSR count). The van der Waals surface area contributed by atoms with E-state index in [-0.39, 0.29) is 0 Å². The van der Waals surface area contributed by atoms with Gasteiger partial charge in [0.25, 0.3) is 0 Å². The average Bonchev–Trinajstić information content (AvgIpc) is 1.90. The van der Waals surface area contributed by atoms with Crippen LogP contribution in [0.25, 0.3) is 0 Å². The van der Waals surface area contributed by atoms with Crippen molar-refractivity contribution in [2.75, 3.05) is 6.61 Å². The van der Waals surface area contributed by atoms with Gasteiger partial charge in [-0.3, -0.25) is 0 Å². The van der Waals surface area contributed by atoms with Crippen LogP contribution in [-0.4, -0.2) is 15.9 Å². The zero-order valence-corrected chi connectivity index (χ0v) is 5.72. The largest absolute Gasteiger partial charge is 0.403 e. The SMILES string of the molecule is NO[Si]1CCCCO1. The van der Waals surface area contributed by atoms with E-state index < -0.39 is 9.28 Å². The molecule has 1 aliphatic rings. The molecule has 0 amide bonds. The molecule has 0 bridgehead atoms. The summed E-state index contributed by atoms with van der Waals surface area (Å²) in [7, 11) is -1.01. The summed E-state index contributed by atoms with van der Waals surface area (Å²) in [5.74, 6) is 4.92. The second kappa shape index (κ2) is 3.19. The fraction of sp³-hybridized carbons (Fsp3) is 1.00. The van der Waals surface area contributed by atoms with Gasteiger partial charge in [-0.1, -0.05) is 0 Å². The number of hydrogen-bond donors (Lipinski definition) is 1. The van der Waals surface area contributed by atoms with Crippen molar-refractivity contribution in [3.8, 4) is 0 Å². The quantitative estimate of drug-likeness (QED) is 0.409. The molecule has 8 heavy (non-hydrogen) atoms. The average molecular weight is 132 g/mol. The highest BCUT2D eigenvalue weighted by molar-refractivity contribution is 6.44. The maximum atomic E-state index is 5.18. The first-order chi connectivity index (χ1) is 3.93. The molecule has 0 saturated carbocycles. The first-order valence-electron chi connectivity index (χ1n) is 2.79. The van der Waals surface area contributed by atoms with Crippen LogP contribution in [0.3, 0.4) is 0 Å². The van der Waals surface area contributed by atoms with Gasteiger partial charge in [-0.05, 0) is 18.9 Å². The van der Waals surface area contributed by atoms with E-state index in [2.05, 4.69) is 4.53 Å². The highest BCUT2D eigenvalue weighted by atomic mass is 28.3. The third-order valence-electron chi connectivity index (χ3n) is 1.17. The normalized spacial score (nSPS) is 23.6. The van der Waals surface area contributed by atoms with E-state index in [0.29, 0.717) is 0 Å². The molecule has 1 saturated heterocycles. The Bertz CT molecular complexity index is 65.1. The lowest BCUT2D eigenvalue weighted by Gasteiger charge is -2.16. The van der Waals surface area contributed by atoms with Crippen LogP contribution in [0, 0.1) is 0 Å². The molecule has 1 radical (unpaired) electrons. The monoisotopic (exact) mass is 132 g/mol. The van der Waals surface area contributed by atoms with E-state index in [1.165, 1.54) is 6.42 Å². The Morgan fingerprint density at radius 1 is 1.50 bits per heavy atom. The summed E-state index contributed by atoms with van der Waals surface area (Å²) in [6, 6.07) is 1.04. The van der Waals surface area contributed by atoms with E-state index in [0.717, 1.165) is 19.1 Å². The number of nitrogens with two attached hydrogens (primary N) is 1. The summed E-state index contributed by atoms with van der Waals surface area (Å²) in [5, 5.41) is 0. The van der Waals surface area contributed by atoms with Gasteiger partial charge < -0.3 is 8.95 Å². The molecule has 47 valence electrons. The molecule has 0 aromatic rings. The van der Waals surface area contributed by atoms with Gasteiger partial charge in [0, 0.05) is 6.61 Å². The fourth-order valence-electron chi connectivity index (χ4n) is 0.723. The first kappa shape index (κ1) is 6.22. The Labute approximate surface area is 50.6 Å². The number of hydrogen-bond acceptors (Lipinski definition) is 3. The first-order valence-corrected chi connectivity index (χ1v) is 4.31. The zero-order valence-electron chi connectivity index (χ0n) is 4.72. The Morgan fingerprint density at radius 2 is 2.38 bits per heavy atom. The van der Waals surface area contributed by atoms with Crippen molar-refractivity contribution >= 4 is 9.28 Å². The number of rotatable bonds is 1. The molecule has 0 aromatic carbocycles. The fourth-order valence-corrected chi connectivity index (χ4v) is 1.96. The standard InChI is InChI=1S/C4H10NO2Si/c5-7-8-4-2-1-3-6-8/h1-5H2. The Kier molecular flexibility index (Phi) is 2.48. The summed E-state index contributed by atoms with van der Waals surface area (Å²) in [5.41, 5.74) is 0. The van der Waals surface area contributed by atoms with Crippen LogP contribution in [0.2, 0.25) is 6.04 Å². The van der Waals surface area contributed by atoms with Gasteiger partial charge in [-0.25, -0.2) is 5.90 Å². The molecule has 2 N–H and O–H groups in total. The molecule has 1 fully saturated rings. The van der Waals surface area contributed by atoms with Crippen LogP contribution in [0.5, 0.6) is 0 Å². The van der Waals surface area contributed by atoms with Gasteiger partial charge in [-0.2, -0.15) is 0 Å². The molecule has 0 aliphatic carbocycles. The maximum Gasteiger partial charge on any atom is 0.403 e. The van der Waals surface area contributed by atoms with E-state index in [4.69, 9.17) is 10.3 Å². The van der Waals surface area contributed by atoms with Crippen LogP contribution in [0.15, 0.2) is 0 Å². The van der Waals surface area contributed by atoms with Crippen LogP contribution in [0.4, 0.5) is 0 Å². The van der Waals surface area contributed by atoms with Crippen molar-refractivity contribution in [3.63, 3.8) is 0 Å². The Balaban J connectivity index is 2.13. The summed E-state index contributed by atoms with van der Waals surface area (Å²) in [6.45, 7) is 0.839. The van der Waals surface area contributed by atoms with Crippen molar-refractivity contribution in [1.82, 2.24) is 0 Å². The minimum Gasteiger partial charge on any atom is -0.393 e. The maximum absolute atomic E-state index is 5.18. The molecule has 0 spiro atoms. The van der Waals surface area contributed by atoms with E-state index in [1.54, 1.807) is 0 Å². The second-order valence-corrected chi connectivity index (χ2v) is 3.56. The van der Waals surface area contributed by atoms with E-state index in [9.17, 15) is 0 Å².